The Morgan fingerprint density at radius 2 is 1.67 bits per heavy atom. The Balaban J connectivity index is 1.35. The van der Waals surface area contributed by atoms with E-state index < -0.39 is 5.60 Å². The lowest BCUT2D eigenvalue weighted by Gasteiger charge is -2.36. The largest absolute Gasteiger partial charge is 0.384 e. The smallest absolute Gasteiger partial charge is 0.147 e. The molecule has 1 saturated heterocycles. The Morgan fingerprint density at radius 3 is 2.33 bits per heavy atom. The fourth-order valence-corrected chi connectivity index (χ4v) is 4.46. The molecule has 7 nitrogen and oxygen atoms in total. The third-order valence-corrected chi connectivity index (χ3v) is 6.54. The summed E-state index contributed by atoms with van der Waals surface area (Å²) in [6.07, 6.45) is 3.40. The number of benzene rings is 2. The molecule has 1 aliphatic heterocycles. The van der Waals surface area contributed by atoms with Crippen molar-refractivity contribution in [3.8, 4) is 11.4 Å². The Morgan fingerprint density at radius 1 is 0.939 bits per heavy atom. The van der Waals surface area contributed by atoms with Crippen molar-refractivity contribution in [2.75, 3.05) is 36.0 Å². The minimum Gasteiger partial charge on any atom is -0.384 e. The number of fused-ring (bicyclic) bond motifs is 1. The van der Waals surface area contributed by atoms with Crippen molar-refractivity contribution in [2.45, 2.75) is 19.4 Å². The van der Waals surface area contributed by atoms with Crippen LogP contribution in [0.1, 0.15) is 19.5 Å². The van der Waals surface area contributed by atoms with Crippen molar-refractivity contribution < 1.29 is 5.11 Å². The molecule has 0 aliphatic carbocycles. The molecule has 5 rings (SSSR count). The Kier molecular flexibility index (Phi) is 5.46. The van der Waals surface area contributed by atoms with E-state index in [4.69, 9.17) is 16.6 Å². The van der Waals surface area contributed by atoms with Crippen LogP contribution in [0.2, 0.25) is 5.02 Å². The number of aliphatic hydroxyl groups is 1. The Bertz CT molecular complexity index is 1290. The summed E-state index contributed by atoms with van der Waals surface area (Å²) in [6.45, 7) is 6.81. The van der Waals surface area contributed by atoms with Crippen LogP contribution < -0.4 is 9.80 Å². The maximum absolute atomic E-state index is 10.1. The number of imidazole rings is 1. The Labute approximate surface area is 198 Å². The normalized spacial score (nSPS) is 14.8. The highest BCUT2D eigenvalue weighted by Crippen LogP contribution is 2.33. The molecule has 0 spiro atoms. The number of para-hydroxylation sites is 2. The van der Waals surface area contributed by atoms with Crippen molar-refractivity contribution in [1.82, 2.24) is 19.5 Å². The maximum Gasteiger partial charge on any atom is 0.147 e. The number of piperazine rings is 1. The molecule has 1 N–H and O–H groups in total. The van der Waals surface area contributed by atoms with Crippen LogP contribution in [0.5, 0.6) is 0 Å². The molecule has 2 aromatic heterocycles. The standard InChI is InChI=1S/C25H27ClN6O/c1-25(2,33)22-15-28-23(16-27-22)32-12-10-31(11-13-32)17-8-9-19(26)18(14-17)24-29-20-6-4-5-7-21(20)30(24)3/h4-9,14-16,33H,10-13H2,1-3H3. The summed E-state index contributed by atoms with van der Waals surface area (Å²) in [4.78, 5) is 18.3. The van der Waals surface area contributed by atoms with Gasteiger partial charge in [0, 0.05) is 44.5 Å². The maximum atomic E-state index is 10.1. The molecular formula is C25H27ClN6O. The van der Waals surface area contributed by atoms with Gasteiger partial charge in [-0.15, -0.1) is 0 Å². The summed E-state index contributed by atoms with van der Waals surface area (Å²) in [7, 11) is 2.02. The van der Waals surface area contributed by atoms with Crippen LogP contribution >= 0.6 is 11.6 Å². The molecule has 1 aliphatic rings. The number of aromatic nitrogens is 4. The second kappa shape index (κ2) is 8.32. The van der Waals surface area contributed by atoms with Gasteiger partial charge in [0.1, 0.15) is 17.2 Å². The lowest BCUT2D eigenvalue weighted by atomic mass is 10.1. The zero-order valence-corrected chi connectivity index (χ0v) is 19.8. The van der Waals surface area contributed by atoms with Crippen LogP contribution in [-0.4, -0.2) is 50.8 Å². The summed E-state index contributed by atoms with van der Waals surface area (Å²) in [5, 5.41) is 10.8. The van der Waals surface area contributed by atoms with Gasteiger partial charge in [-0.3, -0.25) is 4.98 Å². The number of hydrogen-bond acceptors (Lipinski definition) is 6. The van der Waals surface area contributed by atoms with Crippen molar-refractivity contribution in [3.63, 3.8) is 0 Å². The van der Waals surface area contributed by atoms with Crippen molar-refractivity contribution in [2.24, 2.45) is 7.05 Å². The van der Waals surface area contributed by atoms with Gasteiger partial charge in [0.25, 0.3) is 0 Å². The number of nitrogens with zero attached hydrogens (tertiary/aromatic N) is 6. The molecule has 0 unspecified atom stereocenters. The van der Waals surface area contributed by atoms with Crippen LogP contribution in [0.4, 0.5) is 11.5 Å². The van der Waals surface area contributed by atoms with Gasteiger partial charge in [-0.1, -0.05) is 23.7 Å². The van der Waals surface area contributed by atoms with E-state index in [0.717, 1.165) is 60.1 Å². The lowest BCUT2D eigenvalue weighted by Crippen LogP contribution is -2.47. The van der Waals surface area contributed by atoms with Gasteiger partial charge in [0.2, 0.25) is 0 Å². The fraction of sp³-hybridized carbons (Fsp3) is 0.320. The summed E-state index contributed by atoms with van der Waals surface area (Å²) >= 11 is 6.60. The summed E-state index contributed by atoms with van der Waals surface area (Å²) in [5.74, 6) is 1.70. The summed E-state index contributed by atoms with van der Waals surface area (Å²) in [5.41, 5.74) is 3.69. The predicted molar refractivity (Wildman–Crippen MR) is 133 cm³/mol. The predicted octanol–water partition coefficient (Wildman–Crippen LogP) is 4.24. The molecule has 8 heteroatoms. The van der Waals surface area contributed by atoms with E-state index in [2.05, 4.69) is 42.5 Å². The number of aryl methyl sites for hydroxylation is 1. The first kappa shape index (κ1) is 21.7. The van der Waals surface area contributed by atoms with Crippen molar-refractivity contribution >= 4 is 34.1 Å². The van der Waals surface area contributed by atoms with E-state index in [1.807, 2.05) is 31.3 Å². The zero-order chi connectivity index (χ0) is 23.2. The van der Waals surface area contributed by atoms with E-state index in [1.165, 1.54) is 0 Å². The molecule has 170 valence electrons. The van der Waals surface area contributed by atoms with Crippen LogP contribution in [0.25, 0.3) is 22.4 Å². The molecule has 33 heavy (non-hydrogen) atoms. The van der Waals surface area contributed by atoms with Crippen molar-refractivity contribution in [1.29, 1.82) is 0 Å². The summed E-state index contributed by atoms with van der Waals surface area (Å²) < 4.78 is 2.09. The highest BCUT2D eigenvalue weighted by Gasteiger charge is 2.22. The Hall–Kier alpha value is -3.16. The molecule has 0 amide bonds. The molecule has 4 aromatic rings. The van der Waals surface area contributed by atoms with E-state index >= 15 is 0 Å². The highest BCUT2D eigenvalue weighted by atomic mass is 35.5. The second-order valence-electron chi connectivity index (χ2n) is 8.94. The minimum atomic E-state index is -0.991. The first-order valence-corrected chi connectivity index (χ1v) is 11.5. The van der Waals surface area contributed by atoms with Gasteiger partial charge in [-0.25, -0.2) is 9.97 Å². The molecule has 0 bridgehead atoms. The topological polar surface area (TPSA) is 70.3 Å². The van der Waals surface area contributed by atoms with Gasteiger partial charge < -0.3 is 19.5 Å². The number of anilines is 2. The van der Waals surface area contributed by atoms with Gasteiger partial charge in [-0.05, 0) is 44.2 Å². The summed E-state index contributed by atoms with van der Waals surface area (Å²) in [6, 6.07) is 14.3. The zero-order valence-electron chi connectivity index (χ0n) is 19.0. The lowest BCUT2D eigenvalue weighted by molar-refractivity contribution is 0.0734. The van der Waals surface area contributed by atoms with E-state index in [0.29, 0.717) is 10.7 Å². The van der Waals surface area contributed by atoms with Gasteiger partial charge >= 0.3 is 0 Å². The average molecular weight is 463 g/mol. The first-order valence-electron chi connectivity index (χ1n) is 11.1. The SMILES string of the molecule is Cn1c(-c2cc(N3CCN(c4cnc(C(C)(C)O)cn4)CC3)ccc2Cl)nc2ccccc21. The quantitative estimate of drug-likeness (QED) is 0.489. The van der Waals surface area contributed by atoms with E-state index in [-0.39, 0.29) is 0 Å². The number of hydrogen-bond donors (Lipinski definition) is 1. The molecule has 2 aromatic carbocycles. The van der Waals surface area contributed by atoms with Crippen LogP contribution in [0.15, 0.2) is 54.9 Å². The van der Waals surface area contributed by atoms with E-state index in [1.54, 1.807) is 26.2 Å². The van der Waals surface area contributed by atoms with Gasteiger partial charge in [0.15, 0.2) is 0 Å². The number of rotatable bonds is 4. The molecule has 0 atom stereocenters. The molecule has 1 fully saturated rings. The van der Waals surface area contributed by atoms with Crippen LogP contribution in [0.3, 0.4) is 0 Å². The second-order valence-corrected chi connectivity index (χ2v) is 9.35. The van der Waals surface area contributed by atoms with Crippen LogP contribution in [-0.2, 0) is 12.6 Å². The molecule has 3 heterocycles. The minimum absolute atomic E-state index is 0.570. The fourth-order valence-electron chi connectivity index (χ4n) is 4.26. The monoisotopic (exact) mass is 462 g/mol. The first-order chi connectivity index (χ1) is 15.8. The third kappa shape index (κ3) is 4.14. The van der Waals surface area contributed by atoms with Gasteiger partial charge in [0.05, 0.1) is 34.1 Å². The number of halogens is 1. The average Bonchev–Trinajstić information content (AvgIpc) is 3.15. The molecular weight excluding hydrogens is 436 g/mol. The van der Waals surface area contributed by atoms with Crippen LogP contribution in [0, 0.1) is 0 Å². The highest BCUT2D eigenvalue weighted by molar-refractivity contribution is 6.33. The molecule has 0 saturated carbocycles. The third-order valence-electron chi connectivity index (χ3n) is 6.21. The van der Waals surface area contributed by atoms with Crippen molar-refractivity contribution in [3.05, 3.63) is 65.6 Å². The molecule has 0 radical (unpaired) electrons. The van der Waals surface area contributed by atoms with Gasteiger partial charge in [-0.2, -0.15) is 0 Å². The van der Waals surface area contributed by atoms with E-state index in [9.17, 15) is 5.11 Å².